The van der Waals surface area contributed by atoms with Crippen LogP contribution in [0.5, 0.6) is 5.75 Å². The predicted octanol–water partition coefficient (Wildman–Crippen LogP) is 4.22. The first kappa shape index (κ1) is 16.3. The molecule has 0 heterocycles. The summed E-state index contributed by atoms with van der Waals surface area (Å²) in [7, 11) is 0. The highest BCUT2D eigenvalue weighted by Gasteiger charge is 2.06. The second-order valence-corrected chi connectivity index (χ2v) is 4.86. The van der Waals surface area contributed by atoms with Crippen molar-refractivity contribution in [2.24, 2.45) is 0 Å². The number of hydrogen-bond donors (Lipinski definition) is 0. The van der Waals surface area contributed by atoms with Gasteiger partial charge in [-0.25, -0.2) is 4.79 Å². The molecule has 0 aliphatic rings. The third-order valence-corrected chi connectivity index (χ3v) is 2.69. The Kier molecular flexibility index (Phi) is 6.85. The standard InChI is InChI=1S/C17H24O3/c1-5-7-15(12-17(18)19-6-2)14-8-10-16(11-9-14)20-13(3)4/h8-13H,5-7H2,1-4H3. The highest BCUT2D eigenvalue weighted by Crippen LogP contribution is 2.23. The van der Waals surface area contributed by atoms with E-state index in [4.69, 9.17) is 9.47 Å². The molecular weight excluding hydrogens is 252 g/mol. The molecule has 0 aliphatic carbocycles. The van der Waals surface area contributed by atoms with Crippen LogP contribution in [0.25, 0.3) is 5.57 Å². The van der Waals surface area contributed by atoms with Gasteiger partial charge in [0.25, 0.3) is 0 Å². The van der Waals surface area contributed by atoms with Crippen molar-refractivity contribution in [1.29, 1.82) is 0 Å². The minimum absolute atomic E-state index is 0.158. The summed E-state index contributed by atoms with van der Waals surface area (Å²) in [6.45, 7) is 8.29. The molecule has 20 heavy (non-hydrogen) atoms. The maximum atomic E-state index is 11.6. The van der Waals surface area contributed by atoms with Crippen molar-refractivity contribution in [1.82, 2.24) is 0 Å². The average molecular weight is 276 g/mol. The molecule has 0 fully saturated rings. The molecule has 0 amide bonds. The van der Waals surface area contributed by atoms with E-state index in [-0.39, 0.29) is 12.1 Å². The van der Waals surface area contributed by atoms with E-state index in [9.17, 15) is 4.79 Å². The minimum Gasteiger partial charge on any atom is -0.491 e. The second-order valence-electron chi connectivity index (χ2n) is 4.86. The number of benzene rings is 1. The van der Waals surface area contributed by atoms with Gasteiger partial charge in [-0.3, -0.25) is 0 Å². The lowest BCUT2D eigenvalue weighted by Gasteiger charge is -2.11. The van der Waals surface area contributed by atoms with Crippen LogP contribution in [0.1, 0.15) is 46.1 Å². The van der Waals surface area contributed by atoms with Crippen LogP contribution < -0.4 is 4.74 Å². The van der Waals surface area contributed by atoms with Gasteiger partial charge < -0.3 is 9.47 Å². The second kappa shape index (κ2) is 8.41. The number of esters is 1. The summed E-state index contributed by atoms with van der Waals surface area (Å²) in [6, 6.07) is 7.84. The molecule has 0 radical (unpaired) electrons. The van der Waals surface area contributed by atoms with E-state index in [0.717, 1.165) is 29.7 Å². The lowest BCUT2D eigenvalue weighted by atomic mass is 10.0. The zero-order chi connectivity index (χ0) is 15.0. The molecule has 0 saturated heterocycles. The van der Waals surface area contributed by atoms with Crippen molar-refractivity contribution in [3.05, 3.63) is 35.9 Å². The Morgan fingerprint density at radius 2 is 1.85 bits per heavy atom. The van der Waals surface area contributed by atoms with Crippen molar-refractivity contribution in [2.45, 2.75) is 46.6 Å². The molecule has 0 saturated carbocycles. The zero-order valence-electron chi connectivity index (χ0n) is 12.8. The summed E-state index contributed by atoms with van der Waals surface area (Å²) in [6.07, 6.45) is 3.58. The van der Waals surface area contributed by atoms with Gasteiger partial charge in [0.15, 0.2) is 0 Å². The molecule has 1 aromatic rings. The summed E-state index contributed by atoms with van der Waals surface area (Å²) in [5.74, 6) is 0.564. The number of allylic oxidation sites excluding steroid dienone is 1. The molecule has 0 atom stereocenters. The maximum Gasteiger partial charge on any atom is 0.331 e. The van der Waals surface area contributed by atoms with E-state index in [1.54, 1.807) is 6.08 Å². The number of carbonyl (C=O) groups excluding carboxylic acids is 1. The maximum absolute atomic E-state index is 11.6. The van der Waals surface area contributed by atoms with Gasteiger partial charge in [0.1, 0.15) is 5.75 Å². The Labute approximate surface area is 121 Å². The van der Waals surface area contributed by atoms with Crippen LogP contribution in [0.3, 0.4) is 0 Å². The van der Waals surface area contributed by atoms with E-state index in [2.05, 4.69) is 6.92 Å². The Hall–Kier alpha value is -1.77. The molecule has 0 aliphatic heterocycles. The Balaban J connectivity index is 2.89. The number of hydrogen-bond acceptors (Lipinski definition) is 3. The minimum atomic E-state index is -0.279. The summed E-state index contributed by atoms with van der Waals surface area (Å²) in [4.78, 5) is 11.6. The molecule has 0 N–H and O–H groups in total. The Bertz CT molecular complexity index is 444. The molecule has 0 bridgehead atoms. The Morgan fingerprint density at radius 3 is 2.35 bits per heavy atom. The number of ether oxygens (including phenoxy) is 2. The van der Waals surface area contributed by atoms with E-state index in [1.807, 2.05) is 45.0 Å². The zero-order valence-corrected chi connectivity index (χ0v) is 12.8. The normalized spacial score (nSPS) is 11.6. The van der Waals surface area contributed by atoms with E-state index in [0.29, 0.717) is 6.61 Å². The van der Waals surface area contributed by atoms with Gasteiger partial charge in [-0.15, -0.1) is 0 Å². The van der Waals surface area contributed by atoms with Gasteiger partial charge in [0.05, 0.1) is 12.7 Å². The van der Waals surface area contributed by atoms with E-state index >= 15 is 0 Å². The molecule has 0 unspecified atom stereocenters. The summed E-state index contributed by atoms with van der Waals surface area (Å²) >= 11 is 0. The molecular formula is C17H24O3. The predicted molar refractivity (Wildman–Crippen MR) is 81.7 cm³/mol. The Morgan fingerprint density at radius 1 is 1.20 bits per heavy atom. The molecule has 3 nitrogen and oxygen atoms in total. The van der Waals surface area contributed by atoms with Crippen molar-refractivity contribution in [3.63, 3.8) is 0 Å². The van der Waals surface area contributed by atoms with Crippen molar-refractivity contribution in [2.75, 3.05) is 6.61 Å². The summed E-state index contributed by atoms with van der Waals surface area (Å²) < 4.78 is 10.6. The van der Waals surface area contributed by atoms with Crippen molar-refractivity contribution >= 4 is 11.5 Å². The fourth-order valence-electron chi connectivity index (χ4n) is 1.92. The van der Waals surface area contributed by atoms with Gasteiger partial charge in [-0.05, 0) is 50.5 Å². The molecule has 0 spiro atoms. The highest BCUT2D eigenvalue weighted by atomic mass is 16.5. The lowest BCUT2D eigenvalue weighted by Crippen LogP contribution is -2.05. The van der Waals surface area contributed by atoms with Crippen LogP contribution >= 0.6 is 0 Å². The molecule has 0 aromatic heterocycles. The van der Waals surface area contributed by atoms with Crippen LogP contribution in [-0.4, -0.2) is 18.7 Å². The van der Waals surface area contributed by atoms with Crippen molar-refractivity contribution < 1.29 is 14.3 Å². The summed E-state index contributed by atoms with van der Waals surface area (Å²) in [5, 5.41) is 0. The molecule has 110 valence electrons. The quantitative estimate of drug-likeness (QED) is 0.552. The monoisotopic (exact) mass is 276 g/mol. The van der Waals surface area contributed by atoms with Crippen LogP contribution in [-0.2, 0) is 9.53 Å². The van der Waals surface area contributed by atoms with E-state index < -0.39 is 0 Å². The third kappa shape index (κ3) is 5.47. The smallest absolute Gasteiger partial charge is 0.331 e. The largest absolute Gasteiger partial charge is 0.491 e. The van der Waals surface area contributed by atoms with E-state index in [1.165, 1.54) is 0 Å². The van der Waals surface area contributed by atoms with Gasteiger partial charge in [0, 0.05) is 6.08 Å². The first-order valence-corrected chi connectivity index (χ1v) is 7.21. The SMILES string of the molecule is CCCC(=CC(=O)OCC)c1ccc(OC(C)C)cc1. The highest BCUT2D eigenvalue weighted by molar-refractivity contribution is 5.91. The molecule has 1 rings (SSSR count). The third-order valence-electron chi connectivity index (χ3n) is 2.69. The van der Waals surface area contributed by atoms with Gasteiger partial charge in [0.2, 0.25) is 0 Å². The summed E-state index contributed by atoms with van der Waals surface area (Å²) in [5.41, 5.74) is 2.04. The molecule has 3 heteroatoms. The van der Waals surface area contributed by atoms with Crippen LogP contribution in [0.4, 0.5) is 0 Å². The fourth-order valence-corrected chi connectivity index (χ4v) is 1.92. The average Bonchev–Trinajstić information content (AvgIpc) is 2.39. The van der Waals surface area contributed by atoms with Crippen LogP contribution in [0, 0.1) is 0 Å². The topological polar surface area (TPSA) is 35.5 Å². The lowest BCUT2D eigenvalue weighted by molar-refractivity contribution is -0.137. The fraction of sp³-hybridized carbons (Fsp3) is 0.471. The van der Waals surface area contributed by atoms with Crippen molar-refractivity contribution in [3.8, 4) is 5.75 Å². The number of carbonyl (C=O) groups is 1. The number of rotatable bonds is 7. The van der Waals surface area contributed by atoms with Crippen LogP contribution in [0.15, 0.2) is 30.3 Å². The van der Waals surface area contributed by atoms with Gasteiger partial charge >= 0.3 is 5.97 Å². The first-order valence-electron chi connectivity index (χ1n) is 7.21. The first-order chi connectivity index (χ1) is 9.56. The molecule has 1 aromatic carbocycles. The van der Waals surface area contributed by atoms with Crippen LogP contribution in [0.2, 0.25) is 0 Å². The van der Waals surface area contributed by atoms with Gasteiger partial charge in [-0.2, -0.15) is 0 Å². The van der Waals surface area contributed by atoms with Gasteiger partial charge in [-0.1, -0.05) is 25.5 Å².